The number of anilines is 1. The van der Waals surface area contributed by atoms with Crippen LogP contribution in [0.4, 0.5) is 31.3 Å². The summed E-state index contributed by atoms with van der Waals surface area (Å²) in [6, 6.07) is 1.32. The standard InChI is InChI=1S/C19H15F6N9OS/c1-10-7-32(2-3-34(10)13(35)8-33-9-29-12(4-26)31-33)15-14(30-17(36-15)19(23,24)25)11-5-27-16(28-6-11)18(20,21)22/h5-6,9-10H,2-3,7-8H2,1H3/t10-/m1/s1. The van der Waals surface area contributed by atoms with Crippen molar-refractivity contribution in [1.82, 2.24) is 34.6 Å². The molecule has 10 nitrogen and oxygen atoms in total. The highest BCUT2D eigenvalue weighted by Gasteiger charge is 2.39. The summed E-state index contributed by atoms with van der Waals surface area (Å²) >= 11 is 0.353. The van der Waals surface area contributed by atoms with Gasteiger partial charge in [0.25, 0.3) is 5.82 Å². The van der Waals surface area contributed by atoms with Gasteiger partial charge in [0.05, 0.1) is 0 Å². The van der Waals surface area contributed by atoms with Gasteiger partial charge in [0.2, 0.25) is 16.7 Å². The van der Waals surface area contributed by atoms with Crippen molar-refractivity contribution in [1.29, 1.82) is 5.26 Å². The number of rotatable bonds is 4. The second-order valence-corrected chi connectivity index (χ2v) is 8.70. The Balaban J connectivity index is 1.56. The molecule has 0 radical (unpaired) electrons. The number of amides is 1. The number of hydrogen-bond donors (Lipinski definition) is 0. The molecule has 0 unspecified atom stereocenters. The van der Waals surface area contributed by atoms with E-state index in [0.29, 0.717) is 11.3 Å². The quantitative estimate of drug-likeness (QED) is 0.472. The van der Waals surface area contributed by atoms with Crippen LogP contribution < -0.4 is 4.90 Å². The van der Waals surface area contributed by atoms with Gasteiger partial charge in [-0.25, -0.2) is 24.6 Å². The second-order valence-electron chi connectivity index (χ2n) is 7.72. The molecule has 4 heterocycles. The highest BCUT2D eigenvalue weighted by molar-refractivity contribution is 7.16. The maximum atomic E-state index is 13.4. The molecule has 1 amide bonds. The second kappa shape index (κ2) is 9.33. The minimum atomic E-state index is -4.80. The third-order valence-corrected chi connectivity index (χ3v) is 6.36. The Morgan fingerprint density at radius 2 is 1.83 bits per heavy atom. The van der Waals surface area contributed by atoms with Crippen molar-refractivity contribution >= 4 is 22.2 Å². The van der Waals surface area contributed by atoms with Crippen LogP contribution in [-0.2, 0) is 23.7 Å². The van der Waals surface area contributed by atoms with Crippen molar-refractivity contribution in [2.45, 2.75) is 31.9 Å². The molecule has 0 bridgehead atoms. The van der Waals surface area contributed by atoms with E-state index >= 15 is 0 Å². The minimum absolute atomic E-state index is 0.0829. The first kappa shape index (κ1) is 25.3. The van der Waals surface area contributed by atoms with Gasteiger partial charge in [-0.05, 0) is 6.92 Å². The van der Waals surface area contributed by atoms with Crippen LogP contribution in [0.5, 0.6) is 0 Å². The summed E-state index contributed by atoms with van der Waals surface area (Å²) in [5.41, 5.74) is -0.296. The summed E-state index contributed by atoms with van der Waals surface area (Å²) in [6.45, 7) is 1.97. The maximum absolute atomic E-state index is 13.4. The van der Waals surface area contributed by atoms with Crippen LogP contribution in [0.15, 0.2) is 18.7 Å². The third kappa shape index (κ3) is 5.22. The van der Waals surface area contributed by atoms with E-state index in [1.54, 1.807) is 17.9 Å². The fraction of sp³-hybridized carbons (Fsp3) is 0.421. The van der Waals surface area contributed by atoms with Crippen LogP contribution >= 0.6 is 11.3 Å². The largest absolute Gasteiger partial charge is 0.451 e. The lowest BCUT2D eigenvalue weighted by atomic mass is 10.1. The van der Waals surface area contributed by atoms with Gasteiger partial charge >= 0.3 is 12.4 Å². The minimum Gasteiger partial charge on any atom is -0.358 e. The van der Waals surface area contributed by atoms with Gasteiger partial charge in [-0.1, -0.05) is 11.3 Å². The Labute approximate surface area is 202 Å². The van der Waals surface area contributed by atoms with Gasteiger partial charge in [-0.2, -0.15) is 31.6 Å². The first-order chi connectivity index (χ1) is 16.9. The first-order valence-corrected chi connectivity index (χ1v) is 11.0. The zero-order chi connectivity index (χ0) is 26.3. The number of carbonyl (C=O) groups is 1. The van der Waals surface area contributed by atoms with Gasteiger partial charge in [0.1, 0.15) is 29.6 Å². The third-order valence-electron chi connectivity index (χ3n) is 5.20. The summed E-state index contributed by atoms with van der Waals surface area (Å²) in [4.78, 5) is 29.6. The van der Waals surface area contributed by atoms with Crippen molar-refractivity contribution in [2.75, 3.05) is 24.5 Å². The molecule has 1 aliphatic heterocycles. The fourth-order valence-corrected chi connectivity index (χ4v) is 4.59. The van der Waals surface area contributed by atoms with Gasteiger partial charge < -0.3 is 9.80 Å². The lowest BCUT2D eigenvalue weighted by Gasteiger charge is -2.40. The molecule has 0 N–H and O–H groups in total. The van der Waals surface area contributed by atoms with E-state index in [-0.39, 0.29) is 54.2 Å². The molecular weight excluding hydrogens is 516 g/mol. The number of halogens is 6. The van der Waals surface area contributed by atoms with E-state index in [0.717, 1.165) is 12.4 Å². The van der Waals surface area contributed by atoms with Crippen molar-refractivity contribution in [2.24, 2.45) is 0 Å². The van der Waals surface area contributed by atoms with E-state index in [1.807, 2.05) is 0 Å². The molecule has 0 aliphatic carbocycles. The molecule has 3 aromatic rings. The molecule has 3 aromatic heterocycles. The average Bonchev–Trinajstić information content (AvgIpc) is 3.45. The molecule has 0 aromatic carbocycles. The molecule has 0 spiro atoms. The van der Waals surface area contributed by atoms with Crippen LogP contribution in [0.25, 0.3) is 11.3 Å². The molecule has 17 heteroatoms. The average molecular weight is 531 g/mol. The van der Waals surface area contributed by atoms with Gasteiger partial charge in [0, 0.05) is 43.6 Å². The monoisotopic (exact) mass is 531 g/mol. The van der Waals surface area contributed by atoms with Crippen LogP contribution in [0, 0.1) is 11.3 Å². The number of carbonyl (C=O) groups excluding carboxylic acids is 1. The summed E-state index contributed by atoms with van der Waals surface area (Å²) in [7, 11) is 0. The predicted molar refractivity (Wildman–Crippen MR) is 111 cm³/mol. The number of thiazole rings is 1. The Kier molecular flexibility index (Phi) is 6.56. The zero-order valence-electron chi connectivity index (χ0n) is 18.2. The number of alkyl halides is 6. The summed E-state index contributed by atoms with van der Waals surface area (Å²) in [5, 5.41) is 11.5. The predicted octanol–water partition coefficient (Wildman–Crippen LogP) is 2.84. The smallest absolute Gasteiger partial charge is 0.358 e. The van der Waals surface area contributed by atoms with E-state index < -0.39 is 29.2 Å². The number of aromatic nitrogens is 6. The lowest BCUT2D eigenvalue weighted by Crippen LogP contribution is -2.54. The SMILES string of the molecule is C[C@@H]1CN(c2sc(C(F)(F)F)nc2-c2cnc(C(F)(F)F)nc2)CCN1C(=O)Cn1cnc(C#N)n1. The molecule has 4 rings (SSSR count). The topological polar surface area (TPSA) is 117 Å². The van der Waals surface area contributed by atoms with Gasteiger partial charge in [-0.15, -0.1) is 5.10 Å². The summed E-state index contributed by atoms with van der Waals surface area (Å²) < 4.78 is 79.9. The van der Waals surface area contributed by atoms with Crippen LogP contribution in [0.3, 0.4) is 0 Å². The molecule has 1 aliphatic rings. The van der Waals surface area contributed by atoms with Crippen molar-refractivity contribution in [3.05, 3.63) is 35.4 Å². The Morgan fingerprint density at radius 1 is 1.14 bits per heavy atom. The molecule has 190 valence electrons. The Morgan fingerprint density at radius 3 is 2.39 bits per heavy atom. The van der Waals surface area contributed by atoms with Crippen LogP contribution in [-0.4, -0.2) is 66.2 Å². The van der Waals surface area contributed by atoms with Crippen molar-refractivity contribution in [3.63, 3.8) is 0 Å². The molecule has 0 saturated carbocycles. The van der Waals surface area contributed by atoms with Gasteiger partial charge in [0.15, 0.2) is 0 Å². The number of nitrogens with zero attached hydrogens (tertiary/aromatic N) is 9. The van der Waals surface area contributed by atoms with E-state index in [2.05, 4.69) is 25.0 Å². The number of hydrogen-bond acceptors (Lipinski definition) is 9. The van der Waals surface area contributed by atoms with Crippen LogP contribution in [0.2, 0.25) is 0 Å². The summed E-state index contributed by atoms with van der Waals surface area (Å²) in [5.74, 6) is -1.84. The summed E-state index contributed by atoms with van der Waals surface area (Å²) in [6.07, 6.45) is -6.77. The Hall–Kier alpha value is -3.81. The normalized spacial score (nSPS) is 16.8. The van der Waals surface area contributed by atoms with E-state index in [4.69, 9.17) is 5.26 Å². The highest BCUT2D eigenvalue weighted by atomic mass is 32.1. The zero-order valence-corrected chi connectivity index (χ0v) is 19.1. The molecule has 36 heavy (non-hydrogen) atoms. The lowest BCUT2D eigenvalue weighted by molar-refractivity contribution is -0.145. The fourth-order valence-electron chi connectivity index (χ4n) is 3.60. The number of nitriles is 1. The van der Waals surface area contributed by atoms with E-state index in [1.165, 1.54) is 15.9 Å². The van der Waals surface area contributed by atoms with Crippen molar-refractivity contribution < 1.29 is 31.1 Å². The maximum Gasteiger partial charge on any atom is 0.451 e. The van der Waals surface area contributed by atoms with Crippen LogP contribution in [0.1, 0.15) is 23.6 Å². The van der Waals surface area contributed by atoms with Crippen molar-refractivity contribution in [3.8, 4) is 17.3 Å². The highest BCUT2D eigenvalue weighted by Crippen LogP contribution is 2.43. The molecule has 1 saturated heterocycles. The molecular formula is C19H15F6N9OS. The first-order valence-electron chi connectivity index (χ1n) is 10.2. The molecule has 1 fully saturated rings. The Bertz CT molecular complexity index is 1290. The van der Waals surface area contributed by atoms with E-state index in [9.17, 15) is 31.1 Å². The number of piperazine rings is 1. The molecule has 1 atom stereocenters. The van der Waals surface area contributed by atoms with Gasteiger partial charge in [-0.3, -0.25) is 4.79 Å².